The molecule has 4 heteroatoms. The summed E-state index contributed by atoms with van der Waals surface area (Å²) in [6, 6.07) is 0. The highest BCUT2D eigenvalue weighted by atomic mass is 32.2. The molecular weight excluding hydrogens is 144 g/mol. The van der Waals surface area contributed by atoms with E-state index >= 15 is 0 Å². The Hall–Kier alpha value is 0.330. The zero-order valence-corrected chi connectivity index (χ0v) is 6.04. The normalized spacial score (nSPS) is 9.25. The summed E-state index contributed by atoms with van der Waals surface area (Å²) < 4.78 is 0. The van der Waals surface area contributed by atoms with Crippen LogP contribution in [-0.2, 0) is 4.79 Å². The second-order valence-corrected chi connectivity index (χ2v) is 2.70. The van der Waals surface area contributed by atoms with Crippen molar-refractivity contribution in [2.45, 2.75) is 0 Å². The van der Waals surface area contributed by atoms with Crippen LogP contribution in [0.25, 0.3) is 0 Å². The van der Waals surface area contributed by atoms with Gasteiger partial charge in [-0.25, -0.2) is 0 Å². The fourth-order valence-corrected chi connectivity index (χ4v) is 0.889. The fourth-order valence-electron chi connectivity index (χ4n) is 0.205. The molecule has 48 valence electrons. The molecule has 0 saturated carbocycles. The Morgan fingerprint density at radius 2 is 2.38 bits per heavy atom. The first-order chi connectivity index (χ1) is 3.81. The van der Waals surface area contributed by atoms with E-state index in [1.807, 2.05) is 0 Å². The molecule has 0 saturated heterocycles. The quantitative estimate of drug-likeness (QED) is 0.566. The minimum absolute atomic E-state index is 0.181. The van der Waals surface area contributed by atoms with Gasteiger partial charge in [-0.3, -0.25) is 4.79 Å². The van der Waals surface area contributed by atoms with Crippen LogP contribution in [0, 0.1) is 0 Å². The number of hydrogen-bond donors (Lipinski definition) is 2. The SMILES string of the molecule is O=C(CO)SCCS. The molecule has 8 heavy (non-hydrogen) atoms. The molecule has 0 aliphatic carbocycles. The molecule has 0 aromatic heterocycles. The Kier molecular flexibility index (Phi) is 5.69. The third kappa shape index (κ3) is 4.49. The van der Waals surface area contributed by atoms with Gasteiger partial charge >= 0.3 is 0 Å². The first-order valence-electron chi connectivity index (χ1n) is 2.18. The Morgan fingerprint density at radius 1 is 1.75 bits per heavy atom. The molecule has 2 nitrogen and oxygen atoms in total. The van der Waals surface area contributed by atoms with Gasteiger partial charge < -0.3 is 5.11 Å². The van der Waals surface area contributed by atoms with Crippen molar-refractivity contribution in [2.24, 2.45) is 0 Å². The van der Waals surface area contributed by atoms with E-state index in [0.29, 0.717) is 11.5 Å². The number of carbonyl (C=O) groups is 1. The van der Waals surface area contributed by atoms with E-state index in [0.717, 1.165) is 11.8 Å². The molecule has 0 aliphatic rings. The molecule has 0 bridgehead atoms. The molecule has 1 N–H and O–H groups in total. The second-order valence-electron chi connectivity index (χ2n) is 1.10. The van der Waals surface area contributed by atoms with Crippen molar-refractivity contribution >= 4 is 29.5 Å². The van der Waals surface area contributed by atoms with Gasteiger partial charge in [-0.15, -0.1) is 0 Å². The molecule has 0 heterocycles. The van der Waals surface area contributed by atoms with E-state index in [-0.39, 0.29) is 11.7 Å². The van der Waals surface area contributed by atoms with Gasteiger partial charge in [0.25, 0.3) is 0 Å². The Morgan fingerprint density at radius 3 is 2.75 bits per heavy atom. The van der Waals surface area contributed by atoms with Crippen LogP contribution in [-0.4, -0.2) is 28.3 Å². The average molecular weight is 152 g/mol. The minimum atomic E-state index is -0.363. The zero-order chi connectivity index (χ0) is 6.41. The van der Waals surface area contributed by atoms with Crippen molar-refractivity contribution in [3.05, 3.63) is 0 Å². The average Bonchev–Trinajstić information content (AvgIpc) is 1.83. The van der Waals surface area contributed by atoms with Crippen LogP contribution < -0.4 is 0 Å². The molecule has 0 aromatic carbocycles. The predicted octanol–water partition coefficient (Wildman–Crippen LogP) is 0.168. The molecule has 0 aromatic rings. The Bertz CT molecular complexity index is 74.4. The number of hydrogen-bond acceptors (Lipinski definition) is 4. The van der Waals surface area contributed by atoms with Crippen molar-refractivity contribution in [1.29, 1.82) is 0 Å². The van der Waals surface area contributed by atoms with Crippen LogP contribution >= 0.6 is 24.4 Å². The molecule has 0 fully saturated rings. The number of thioether (sulfide) groups is 1. The summed E-state index contributed by atoms with van der Waals surface area (Å²) in [6.45, 7) is -0.363. The summed E-state index contributed by atoms with van der Waals surface area (Å²) in [5, 5.41) is 7.98. The van der Waals surface area contributed by atoms with Crippen LogP contribution in [0.15, 0.2) is 0 Å². The van der Waals surface area contributed by atoms with Crippen LogP contribution in [0.1, 0.15) is 0 Å². The second kappa shape index (κ2) is 5.47. The van der Waals surface area contributed by atoms with E-state index in [4.69, 9.17) is 5.11 Å². The third-order valence-corrected chi connectivity index (χ3v) is 1.87. The van der Waals surface area contributed by atoms with Crippen molar-refractivity contribution in [3.63, 3.8) is 0 Å². The van der Waals surface area contributed by atoms with Crippen molar-refractivity contribution in [2.75, 3.05) is 18.1 Å². The zero-order valence-electron chi connectivity index (χ0n) is 4.33. The molecule has 0 amide bonds. The van der Waals surface area contributed by atoms with Gasteiger partial charge in [0.1, 0.15) is 6.61 Å². The summed E-state index contributed by atoms with van der Waals surface area (Å²) in [4.78, 5) is 10.2. The predicted molar refractivity (Wildman–Crippen MR) is 38.4 cm³/mol. The van der Waals surface area contributed by atoms with Crippen LogP contribution in [0.4, 0.5) is 0 Å². The highest BCUT2D eigenvalue weighted by molar-refractivity contribution is 8.14. The third-order valence-electron chi connectivity index (χ3n) is 0.483. The highest BCUT2D eigenvalue weighted by Gasteiger charge is 1.95. The minimum Gasteiger partial charge on any atom is -0.388 e. The highest BCUT2D eigenvalue weighted by Crippen LogP contribution is 2.00. The standard InChI is InChI=1S/C4H8O2S2/c5-3-4(6)8-2-1-7/h5,7H,1-3H2. The summed E-state index contributed by atoms with van der Waals surface area (Å²) in [7, 11) is 0. The Balaban J connectivity index is 2.99. The topological polar surface area (TPSA) is 37.3 Å². The van der Waals surface area contributed by atoms with Crippen molar-refractivity contribution in [1.82, 2.24) is 0 Å². The fraction of sp³-hybridized carbons (Fsp3) is 0.750. The van der Waals surface area contributed by atoms with E-state index < -0.39 is 0 Å². The lowest BCUT2D eigenvalue weighted by Crippen LogP contribution is -1.98. The lowest BCUT2D eigenvalue weighted by molar-refractivity contribution is -0.113. The molecule has 0 aliphatic heterocycles. The molecule has 0 radical (unpaired) electrons. The smallest absolute Gasteiger partial charge is 0.214 e. The van der Waals surface area contributed by atoms with Gasteiger partial charge in [-0.2, -0.15) is 12.6 Å². The molecular formula is C4H8O2S2. The molecule has 0 atom stereocenters. The maximum Gasteiger partial charge on any atom is 0.214 e. The maximum absolute atomic E-state index is 10.2. The van der Waals surface area contributed by atoms with Crippen LogP contribution in [0.2, 0.25) is 0 Å². The van der Waals surface area contributed by atoms with E-state index in [2.05, 4.69) is 12.6 Å². The number of aliphatic hydroxyl groups is 1. The van der Waals surface area contributed by atoms with Crippen molar-refractivity contribution < 1.29 is 9.90 Å². The molecule has 0 rings (SSSR count). The van der Waals surface area contributed by atoms with Gasteiger partial charge in [0.2, 0.25) is 5.12 Å². The monoisotopic (exact) mass is 152 g/mol. The van der Waals surface area contributed by atoms with Crippen LogP contribution in [0.5, 0.6) is 0 Å². The van der Waals surface area contributed by atoms with Gasteiger partial charge in [-0.1, -0.05) is 11.8 Å². The summed E-state index contributed by atoms with van der Waals surface area (Å²) >= 11 is 4.99. The molecule has 0 unspecified atom stereocenters. The van der Waals surface area contributed by atoms with Crippen LogP contribution in [0.3, 0.4) is 0 Å². The first-order valence-corrected chi connectivity index (χ1v) is 3.80. The first kappa shape index (κ1) is 8.33. The summed E-state index contributed by atoms with van der Waals surface area (Å²) in [5.41, 5.74) is 0. The van der Waals surface area contributed by atoms with Crippen molar-refractivity contribution in [3.8, 4) is 0 Å². The maximum atomic E-state index is 10.2. The number of carbonyl (C=O) groups excluding carboxylic acids is 1. The lowest BCUT2D eigenvalue weighted by atomic mass is 10.8. The molecule has 0 spiro atoms. The van der Waals surface area contributed by atoms with Gasteiger partial charge in [-0.05, 0) is 5.75 Å². The van der Waals surface area contributed by atoms with E-state index in [9.17, 15) is 4.79 Å². The van der Waals surface area contributed by atoms with E-state index in [1.54, 1.807) is 0 Å². The number of thiol groups is 1. The van der Waals surface area contributed by atoms with Gasteiger partial charge in [0.15, 0.2) is 0 Å². The lowest BCUT2D eigenvalue weighted by Gasteiger charge is -1.90. The van der Waals surface area contributed by atoms with E-state index in [1.165, 1.54) is 0 Å². The summed E-state index contributed by atoms with van der Waals surface area (Å²) in [6.07, 6.45) is 0. The number of aliphatic hydroxyl groups excluding tert-OH is 1. The summed E-state index contributed by atoms with van der Waals surface area (Å²) in [5.74, 6) is 1.36. The van der Waals surface area contributed by atoms with Gasteiger partial charge in [0, 0.05) is 5.75 Å². The largest absolute Gasteiger partial charge is 0.388 e. The Labute approximate surface area is 58.1 Å². The number of rotatable bonds is 3. The van der Waals surface area contributed by atoms with Gasteiger partial charge in [0.05, 0.1) is 0 Å².